The number of hydrogen-bond acceptors (Lipinski definition) is 2. The van der Waals surface area contributed by atoms with Crippen LogP contribution >= 0.6 is 0 Å². The summed E-state index contributed by atoms with van der Waals surface area (Å²) in [6, 6.07) is 16.9. The number of aryl methyl sites for hydroxylation is 1. The number of nitrogens with two attached hydrogens (primary N) is 1. The van der Waals surface area contributed by atoms with Gasteiger partial charge in [0, 0.05) is 12.0 Å². The Morgan fingerprint density at radius 1 is 1.11 bits per heavy atom. The molecular weight excluding hydrogens is 234 g/mol. The summed E-state index contributed by atoms with van der Waals surface area (Å²) in [5.41, 5.74) is 10.4. The molecule has 1 aliphatic carbocycles. The molecule has 0 amide bonds. The maximum atomic E-state index is 6.47. The van der Waals surface area contributed by atoms with Gasteiger partial charge in [0.25, 0.3) is 0 Å². The summed E-state index contributed by atoms with van der Waals surface area (Å²) in [5.74, 6) is 1.34. The molecular formula is C17H19NO. The highest BCUT2D eigenvalue weighted by Crippen LogP contribution is 2.40. The average molecular weight is 253 g/mol. The summed E-state index contributed by atoms with van der Waals surface area (Å²) in [6.07, 6.45) is 2.17. The van der Waals surface area contributed by atoms with E-state index in [4.69, 9.17) is 10.5 Å². The maximum absolute atomic E-state index is 6.47. The first-order chi connectivity index (χ1) is 9.29. The number of rotatable bonds is 2. The Hall–Kier alpha value is -1.80. The second-order valence-corrected chi connectivity index (χ2v) is 5.15. The molecule has 2 N–H and O–H groups in total. The second-order valence-electron chi connectivity index (χ2n) is 5.15. The molecule has 2 heteroatoms. The number of benzene rings is 2. The quantitative estimate of drug-likeness (QED) is 0.890. The van der Waals surface area contributed by atoms with E-state index >= 15 is 0 Å². The molecule has 19 heavy (non-hydrogen) atoms. The molecule has 98 valence electrons. The molecule has 2 aromatic rings. The molecule has 2 atom stereocenters. The van der Waals surface area contributed by atoms with Gasteiger partial charge in [-0.25, -0.2) is 0 Å². The highest BCUT2D eigenvalue weighted by molar-refractivity contribution is 5.41. The zero-order valence-corrected chi connectivity index (χ0v) is 11.2. The molecule has 0 bridgehead atoms. The van der Waals surface area contributed by atoms with E-state index in [-0.39, 0.29) is 6.04 Å². The largest absolute Gasteiger partial charge is 0.497 e. The standard InChI is InChI=1S/C17H19NO/c1-19-14-8-10-16-13(11-14)7-9-15(17(16)18)12-5-3-2-4-6-12/h2-6,8,10-11,15,17H,7,9,18H2,1H3. The van der Waals surface area contributed by atoms with Gasteiger partial charge in [0.05, 0.1) is 7.11 Å². The Kier molecular flexibility index (Phi) is 3.26. The zero-order valence-electron chi connectivity index (χ0n) is 11.2. The van der Waals surface area contributed by atoms with Gasteiger partial charge in [-0.2, -0.15) is 0 Å². The van der Waals surface area contributed by atoms with E-state index in [1.54, 1.807) is 7.11 Å². The van der Waals surface area contributed by atoms with Crippen molar-refractivity contribution >= 4 is 0 Å². The Labute approximate surface area is 114 Å². The summed E-state index contributed by atoms with van der Waals surface area (Å²) in [7, 11) is 1.71. The van der Waals surface area contributed by atoms with E-state index < -0.39 is 0 Å². The molecule has 0 saturated heterocycles. The van der Waals surface area contributed by atoms with E-state index in [1.807, 2.05) is 6.07 Å². The van der Waals surface area contributed by atoms with E-state index in [1.165, 1.54) is 16.7 Å². The minimum absolute atomic E-state index is 0.0806. The van der Waals surface area contributed by atoms with Crippen LogP contribution in [0.3, 0.4) is 0 Å². The summed E-state index contributed by atoms with van der Waals surface area (Å²) in [4.78, 5) is 0. The Balaban J connectivity index is 1.94. The topological polar surface area (TPSA) is 35.2 Å². The Morgan fingerprint density at radius 2 is 1.89 bits per heavy atom. The third-order valence-corrected chi connectivity index (χ3v) is 4.10. The molecule has 0 fully saturated rings. The smallest absolute Gasteiger partial charge is 0.119 e. The van der Waals surface area contributed by atoms with Crippen molar-refractivity contribution in [2.24, 2.45) is 5.73 Å². The molecule has 0 radical (unpaired) electrons. The predicted molar refractivity (Wildman–Crippen MR) is 77.4 cm³/mol. The van der Waals surface area contributed by atoms with Crippen LogP contribution in [0.5, 0.6) is 5.75 Å². The van der Waals surface area contributed by atoms with Crippen LogP contribution in [-0.4, -0.2) is 7.11 Å². The van der Waals surface area contributed by atoms with E-state index in [0.29, 0.717) is 5.92 Å². The van der Waals surface area contributed by atoms with Crippen LogP contribution in [0.1, 0.15) is 35.1 Å². The fourth-order valence-electron chi connectivity index (χ4n) is 3.03. The Bertz CT molecular complexity index is 565. The van der Waals surface area contributed by atoms with E-state index in [9.17, 15) is 0 Å². The lowest BCUT2D eigenvalue weighted by atomic mass is 9.77. The van der Waals surface area contributed by atoms with Crippen LogP contribution in [0.4, 0.5) is 0 Å². The predicted octanol–water partition coefficient (Wildman–Crippen LogP) is 3.43. The van der Waals surface area contributed by atoms with E-state index in [2.05, 4.69) is 42.5 Å². The van der Waals surface area contributed by atoms with Crippen molar-refractivity contribution < 1.29 is 4.74 Å². The second kappa shape index (κ2) is 5.06. The SMILES string of the molecule is COc1ccc2c(c1)CCC(c1ccccc1)C2N. The number of ether oxygens (including phenoxy) is 1. The number of methoxy groups -OCH3 is 1. The zero-order chi connectivity index (χ0) is 13.2. The first-order valence-electron chi connectivity index (χ1n) is 6.77. The van der Waals surface area contributed by atoms with Crippen LogP contribution in [-0.2, 0) is 6.42 Å². The van der Waals surface area contributed by atoms with Crippen molar-refractivity contribution in [3.8, 4) is 5.75 Å². The minimum Gasteiger partial charge on any atom is -0.497 e. The molecule has 1 aliphatic rings. The normalized spacial score (nSPS) is 21.8. The number of fused-ring (bicyclic) bond motifs is 1. The molecule has 0 aliphatic heterocycles. The average Bonchev–Trinajstić information content (AvgIpc) is 2.48. The molecule has 0 spiro atoms. The molecule has 2 nitrogen and oxygen atoms in total. The lowest BCUT2D eigenvalue weighted by molar-refractivity contribution is 0.411. The van der Waals surface area contributed by atoms with Crippen molar-refractivity contribution in [3.05, 3.63) is 65.2 Å². The van der Waals surface area contributed by atoms with Crippen molar-refractivity contribution in [2.45, 2.75) is 24.8 Å². The van der Waals surface area contributed by atoms with Gasteiger partial charge in [0.1, 0.15) is 5.75 Å². The fourth-order valence-corrected chi connectivity index (χ4v) is 3.03. The summed E-state index contributed by atoms with van der Waals surface area (Å²) < 4.78 is 5.29. The highest BCUT2D eigenvalue weighted by Gasteiger charge is 2.27. The molecule has 0 saturated carbocycles. The lowest BCUT2D eigenvalue weighted by Crippen LogP contribution is -2.25. The molecule has 3 rings (SSSR count). The van der Waals surface area contributed by atoms with Crippen molar-refractivity contribution in [1.82, 2.24) is 0 Å². The van der Waals surface area contributed by atoms with Crippen molar-refractivity contribution in [1.29, 1.82) is 0 Å². The van der Waals surface area contributed by atoms with Crippen LogP contribution in [0, 0.1) is 0 Å². The van der Waals surface area contributed by atoms with Gasteiger partial charge in [0.2, 0.25) is 0 Å². The Morgan fingerprint density at radius 3 is 2.63 bits per heavy atom. The first kappa shape index (κ1) is 12.2. The third kappa shape index (κ3) is 2.24. The van der Waals surface area contributed by atoms with E-state index in [0.717, 1.165) is 18.6 Å². The number of hydrogen-bond donors (Lipinski definition) is 1. The minimum atomic E-state index is 0.0806. The maximum Gasteiger partial charge on any atom is 0.119 e. The van der Waals surface area contributed by atoms with Gasteiger partial charge < -0.3 is 10.5 Å². The summed E-state index contributed by atoms with van der Waals surface area (Å²) in [5, 5.41) is 0. The summed E-state index contributed by atoms with van der Waals surface area (Å²) >= 11 is 0. The van der Waals surface area contributed by atoms with Crippen LogP contribution in [0.2, 0.25) is 0 Å². The lowest BCUT2D eigenvalue weighted by Gasteiger charge is -2.31. The molecule has 0 aromatic heterocycles. The van der Waals surface area contributed by atoms with Gasteiger partial charge in [-0.15, -0.1) is 0 Å². The monoisotopic (exact) mass is 253 g/mol. The van der Waals surface area contributed by atoms with Gasteiger partial charge in [-0.3, -0.25) is 0 Å². The molecule has 2 unspecified atom stereocenters. The van der Waals surface area contributed by atoms with Crippen LogP contribution in [0.15, 0.2) is 48.5 Å². The first-order valence-corrected chi connectivity index (χ1v) is 6.77. The fraction of sp³-hybridized carbons (Fsp3) is 0.294. The van der Waals surface area contributed by atoms with Gasteiger partial charge >= 0.3 is 0 Å². The molecule has 0 heterocycles. The van der Waals surface area contributed by atoms with Crippen LogP contribution in [0.25, 0.3) is 0 Å². The molecule has 2 aromatic carbocycles. The van der Waals surface area contributed by atoms with Crippen molar-refractivity contribution in [2.75, 3.05) is 7.11 Å². The van der Waals surface area contributed by atoms with Gasteiger partial charge in [0.15, 0.2) is 0 Å². The van der Waals surface area contributed by atoms with Crippen molar-refractivity contribution in [3.63, 3.8) is 0 Å². The third-order valence-electron chi connectivity index (χ3n) is 4.10. The van der Waals surface area contributed by atoms with Gasteiger partial charge in [-0.05, 0) is 41.7 Å². The highest BCUT2D eigenvalue weighted by atomic mass is 16.5. The van der Waals surface area contributed by atoms with Crippen LogP contribution < -0.4 is 10.5 Å². The van der Waals surface area contributed by atoms with Gasteiger partial charge in [-0.1, -0.05) is 36.4 Å². The summed E-state index contributed by atoms with van der Waals surface area (Å²) in [6.45, 7) is 0.